The van der Waals surface area contributed by atoms with Crippen molar-refractivity contribution < 1.29 is 24.8 Å². The monoisotopic (exact) mass is 446 g/mol. The van der Waals surface area contributed by atoms with Gasteiger partial charge in [-0.2, -0.15) is 0 Å². The summed E-state index contributed by atoms with van der Waals surface area (Å²) in [7, 11) is 0. The van der Waals surface area contributed by atoms with E-state index in [-0.39, 0.29) is 29.0 Å². The highest BCUT2D eigenvalue weighted by molar-refractivity contribution is 5.28. The van der Waals surface area contributed by atoms with Crippen molar-refractivity contribution in [2.45, 2.75) is 103 Å². The number of hydrogen-bond acceptors (Lipinski definition) is 5. The number of aliphatic hydroxyl groups is 3. The minimum Gasteiger partial charge on any atom is -0.393 e. The second-order valence-electron chi connectivity index (χ2n) is 13.0. The van der Waals surface area contributed by atoms with Gasteiger partial charge in [0, 0.05) is 12.3 Å². The van der Waals surface area contributed by atoms with Crippen LogP contribution in [0.3, 0.4) is 0 Å². The van der Waals surface area contributed by atoms with Gasteiger partial charge in [-0.1, -0.05) is 39.3 Å². The molecule has 0 aromatic carbocycles. The minimum atomic E-state index is -0.768. The summed E-state index contributed by atoms with van der Waals surface area (Å²) in [5, 5.41) is 32.4. The van der Waals surface area contributed by atoms with Crippen molar-refractivity contribution in [2.24, 2.45) is 46.3 Å². The molecule has 2 saturated heterocycles. The van der Waals surface area contributed by atoms with E-state index in [4.69, 9.17) is 9.47 Å². The number of hydrogen-bond donors (Lipinski definition) is 3. The van der Waals surface area contributed by atoms with E-state index in [1.165, 1.54) is 12.0 Å². The molecule has 3 saturated carbocycles. The van der Waals surface area contributed by atoms with Gasteiger partial charge in [-0.25, -0.2) is 0 Å². The van der Waals surface area contributed by atoms with Crippen LogP contribution >= 0.6 is 0 Å². The first-order chi connectivity index (χ1) is 15.1. The molecule has 6 aliphatic rings. The highest BCUT2D eigenvalue weighted by Crippen LogP contribution is 2.71. The number of rotatable bonds is 0. The molecule has 4 aliphatic carbocycles. The smallest absolute Gasteiger partial charge is 0.171 e. The molecule has 3 N–H and O–H groups in total. The summed E-state index contributed by atoms with van der Waals surface area (Å²) in [6, 6.07) is 0. The second kappa shape index (κ2) is 7.04. The lowest BCUT2D eigenvalue weighted by Gasteiger charge is -2.61. The third-order valence-corrected chi connectivity index (χ3v) is 11.3. The highest BCUT2D eigenvalue weighted by Gasteiger charge is 2.70. The maximum absolute atomic E-state index is 11.7. The van der Waals surface area contributed by atoms with Crippen LogP contribution in [0.15, 0.2) is 11.6 Å². The van der Waals surface area contributed by atoms with Crippen LogP contribution in [0.4, 0.5) is 0 Å². The van der Waals surface area contributed by atoms with Crippen molar-refractivity contribution in [1.82, 2.24) is 0 Å². The van der Waals surface area contributed by atoms with Crippen LogP contribution in [0.25, 0.3) is 0 Å². The van der Waals surface area contributed by atoms with Crippen LogP contribution in [0.1, 0.15) is 72.6 Å². The zero-order valence-corrected chi connectivity index (χ0v) is 20.2. The SMILES string of the molecule is CC1CCC2(OC1)OC1CC3C4CCC5=CC(O)C(O)CC5(C)C4C(O)CC3(C)C1C2C. The van der Waals surface area contributed by atoms with E-state index in [2.05, 4.69) is 27.7 Å². The summed E-state index contributed by atoms with van der Waals surface area (Å²) in [6.45, 7) is 10.1. The van der Waals surface area contributed by atoms with Gasteiger partial charge in [0.05, 0.1) is 31.0 Å². The number of allylic oxidation sites excluding steroid dienone is 1. The molecule has 0 bridgehead atoms. The molecule has 5 nitrogen and oxygen atoms in total. The first-order valence-corrected chi connectivity index (χ1v) is 13.2. The Bertz CT molecular complexity index is 802. The van der Waals surface area contributed by atoms with E-state index in [1.54, 1.807) is 0 Å². The van der Waals surface area contributed by atoms with Crippen LogP contribution in [-0.4, -0.2) is 52.1 Å². The Morgan fingerprint density at radius 3 is 2.50 bits per heavy atom. The fourth-order valence-corrected chi connectivity index (χ4v) is 9.91. The van der Waals surface area contributed by atoms with Crippen LogP contribution < -0.4 is 0 Å². The summed E-state index contributed by atoms with van der Waals surface area (Å²) in [5.41, 5.74) is 1.09. The lowest BCUT2D eigenvalue weighted by molar-refractivity contribution is -0.273. The molecule has 6 rings (SSSR count). The topological polar surface area (TPSA) is 79.2 Å². The quantitative estimate of drug-likeness (QED) is 0.495. The molecule has 180 valence electrons. The van der Waals surface area contributed by atoms with Gasteiger partial charge >= 0.3 is 0 Å². The number of ether oxygens (including phenoxy) is 2. The Labute approximate surface area is 192 Å². The molecule has 0 aromatic rings. The van der Waals surface area contributed by atoms with Gasteiger partial charge in [0.25, 0.3) is 0 Å². The summed E-state index contributed by atoms with van der Waals surface area (Å²) in [4.78, 5) is 0. The average Bonchev–Trinajstić information content (AvgIpc) is 3.16. The molecule has 2 aliphatic heterocycles. The Balaban J connectivity index is 1.31. The number of fused-ring (bicyclic) bond motifs is 7. The molecule has 5 fully saturated rings. The summed E-state index contributed by atoms with van der Waals surface area (Å²) in [5.74, 6) is 2.09. The maximum Gasteiger partial charge on any atom is 0.171 e. The third-order valence-electron chi connectivity index (χ3n) is 11.3. The molecular formula is C27H42O5. The van der Waals surface area contributed by atoms with Crippen molar-refractivity contribution in [3.05, 3.63) is 11.6 Å². The Kier molecular flexibility index (Phi) is 4.84. The van der Waals surface area contributed by atoms with Crippen LogP contribution in [0.2, 0.25) is 0 Å². The molecule has 5 heteroatoms. The molecule has 32 heavy (non-hydrogen) atoms. The minimum absolute atomic E-state index is 0.0605. The zero-order valence-electron chi connectivity index (χ0n) is 20.2. The van der Waals surface area contributed by atoms with Crippen molar-refractivity contribution in [3.63, 3.8) is 0 Å². The fourth-order valence-electron chi connectivity index (χ4n) is 9.91. The van der Waals surface area contributed by atoms with Crippen molar-refractivity contribution in [2.75, 3.05) is 6.61 Å². The van der Waals surface area contributed by atoms with Gasteiger partial charge in [-0.05, 0) is 78.9 Å². The predicted octanol–water partition coefficient (Wildman–Crippen LogP) is 3.66. The van der Waals surface area contributed by atoms with Crippen LogP contribution in [0, 0.1) is 46.3 Å². The fraction of sp³-hybridized carbons (Fsp3) is 0.926. The molecule has 1 spiro atoms. The number of aliphatic hydroxyl groups excluding tert-OH is 3. The third kappa shape index (κ3) is 2.75. The standard InChI is InChI=1S/C27H42O5/c1-14-7-8-27(31-13-14)15(2)23-22(32-27)10-18-17-6-5-16-9-19(28)20(29)11-25(16,3)24(17)21(30)12-26(18,23)4/h9,14-15,17-24,28-30H,5-8,10-13H2,1-4H3. The van der Waals surface area contributed by atoms with Crippen molar-refractivity contribution in [1.29, 1.82) is 0 Å². The van der Waals surface area contributed by atoms with E-state index in [1.807, 2.05) is 6.08 Å². The summed E-state index contributed by atoms with van der Waals surface area (Å²) >= 11 is 0. The van der Waals surface area contributed by atoms with Crippen LogP contribution in [0.5, 0.6) is 0 Å². The normalized spacial score (nSPS) is 61.5. The molecule has 13 unspecified atom stereocenters. The summed E-state index contributed by atoms with van der Waals surface area (Å²) < 4.78 is 13.2. The average molecular weight is 447 g/mol. The van der Waals surface area contributed by atoms with Gasteiger partial charge < -0.3 is 24.8 Å². The van der Waals surface area contributed by atoms with Crippen molar-refractivity contribution in [3.8, 4) is 0 Å². The van der Waals surface area contributed by atoms with Gasteiger partial charge in [0.15, 0.2) is 5.79 Å². The molecular weight excluding hydrogens is 404 g/mol. The first-order valence-electron chi connectivity index (χ1n) is 13.2. The highest BCUT2D eigenvalue weighted by atomic mass is 16.7. The van der Waals surface area contributed by atoms with Gasteiger partial charge in [0.1, 0.15) is 0 Å². The Hall–Kier alpha value is -0.460. The molecule has 13 atom stereocenters. The lowest BCUT2D eigenvalue weighted by atomic mass is 9.45. The van der Waals surface area contributed by atoms with E-state index >= 15 is 0 Å². The van der Waals surface area contributed by atoms with Gasteiger partial charge in [-0.3, -0.25) is 0 Å². The Morgan fingerprint density at radius 1 is 1.00 bits per heavy atom. The lowest BCUT2D eigenvalue weighted by Crippen LogP contribution is -2.58. The largest absolute Gasteiger partial charge is 0.393 e. The summed E-state index contributed by atoms with van der Waals surface area (Å²) in [6.07, 6.45) is 6.85. The van der Waals surface area contributed by atoms with Gasteiger partial charge in [-0.15, -0.1) is 0 Å². The second-order valence-corrected chi connectivity index (χ2v) is 13.0. The van der Waals surface area contributed by atoms with Gasteiger partial charge in [0.2, 0.25) is 0 Å². The zero-order chi connectivity index (χ0) is 22.6. The molecule has 0 radical (unpaired) electrons. The van der Waals surface area contributed by atoms with E-state index in [0.29, 0.717) is 36.0 Å². The predicted molar refractivity (Wildman–Crippen MR) is 120 cm³/mol. The van der Waals surface area contributed by atoms with Crippen molar-refractivity contribution >= 4 is 0 Å². The van der Waals surface area contributed by atoms with E-state index < -0.39 is 18.0 Å². The molecule has 0 amide bonds. The first kappa shape index (κ1) is 22.0. The molecule has 2 heterocycles. The van der Waals surface area contributed by atoms with Crippen LogP contribution in [-0.2, 0) is 9.47 Å². The Morgan fingerprint density at radius 2 is 1.78 bits per heavy atom. The van der Waals surface area contributed by atoms with E-state index in [9.17, 15) is 15.3 Å². The molecule has 0 aromatic heterocycles. The maximum atomic E-state index is 11.7. The van der Waals surface area contributed by atoms with E-state index in [0.717, 1.165) is 38.7 Å².